The maximum atomic E-state index is 2.09. The third-order valence-electron chi connectivity index (χ3n) is 0. The topological polar surface area (TPSA) is 0 Å². The predicted octanol–water partition coefficient (Wildman–Crippen LogP) is 1.42. The number of rotatable bonds is 0. The Labute approximate surface area is 54.0 Å². The van der Waals surface area contributed by atoms with Gasteiger partial charge >= 0.3 is 29.4 Å². The van der Waals surface area contributed by atoms with Crippen molar-refractivity contribution in [3.8, 4) is 0 Å². The summed E-state index contributed by atoms with van der Waals surface area (Å²) in [6.07, 6.45) is 0. The van der Waals surface area contributed by atoms with Crippen LogP contribution in [0.1, 0.15) is 0 Å². The molecule has 4 heavy (non-hydrogen) atoms. The molecule has 3 heteroatoms. The SMILES string of the molecule is Cl.Cl.[CH3][Zr]. The molecular formula is CH5Cl2Zr. The average Bonchev–Trinajstić information content (AvgIpc) is 1.00. The van der Waals surface area contributed by atoms with Crippen LogP contribution in [0.3, 0.4) is 0 Å². The second-order valence-corrected chi connectivity index (χ2v) is 0. The van der Waals surface area contributed by atoms with Crippen LogP contribution in [0.4, 0.5) is 0 Å². The fourth-order valence-electron chi connectivity index (χ4n) is 0. The van der Waals surface area contributed by atoms with Gasteiger partial charge in [-0.2, -0.15) is 0 Å². The molecule has 0 rings (SSSR count). The summed E-state index contributed by atoms with van der Waals surface area (Å²) >= 11 is 1.55. The Morgan fingerprint density at radius 3 is 1.00 bits per heavy atom. The van der Waals surface area contributed by atoms with Crippen LogP contribution in [-0.4, -0.2) is 0 Å². The molecule has 0 aliphatic carbocycles. The van der Waals surface area contributed by atoms with Gasteiger partial charge in [-0.25, -0.2) is 0 Å². The van der Waals surface area contributed by atoms with E-state index >= 15 is 0 Å². The number of hydrogen-bond donors (Lipinski definition) is 0. The fraction of sp³-hybridized carbons (Fsp3) is 1.00. The molecule has 0 unspecified atom stereocenters. The molecule has 0 spiro atoms. The van der Waals surface area contributed by atoms with E-state index in [9.17, 15) is 0 Å². The molecule has 0 saturated carbocycles. The van der Waals surface area contributed by atoms with Crippen molar-refractivity contribution in [2.75, 3.05) is 0 Å². The Morgan fingerprint density at radius 1 is 1.00 bits per heavy atom. The van der Waals surface area contributed by atoms with Crippen LogP contribution in [0.15, 0.2) is 0 Å². The van der Waals surface area contributed by atoms with Crippen LogP contribution in [0, 0.1) is 0 Å². The van der Waals surface area contributed by atoms with Gasteiger partial charge in [-0.1, -0.05) is 0 Å². The molecule has 0 atom stereocenters. The Hall–Kier alpha value is 1.46. The fourth-order valence-corrected chi connectivity index (χ4v) is 0. The molecule has 0 heterocycles. The standard InChI is InChI=1S/CH3.2ClH.Zr/h1H3;2*1H;. The molecule has 0 aromatic heterocycles. The Morgan fingerprint density at radius 2 is 1.00 bits per heavy atom. The zero-order valence-corrected chi connectivity index (χ0v) is 6.41. The number of halogens is 2. The van der Waals surface area contributed by atoms with Gasteiger partial charge in [0.25, 0.3) is 0 Å². The monoisotopic (exact) mass is 177 g/mol. The molecule has 0 amide bonds. The minimum absolute atomic E-state index is 0. The zero-order chi connectivity index (χ0) is 2.00. The van der Waals surface area contributed by atoms with E-state index in [1.54, 1.807) is 24.7 Å². The van der Waals surface area contributed by atoms with E-state index in [1.807, 2.05) is 0 Å². The Kier molecular flexibility index (Phi) is 112. The third-order valence-corrected chi connectivity index (χ3v) is 0. The molecule has 0 aliphatic heterocycles. The summed E-state index contributed by atoms with van der Waals surface area (Å²) in [5.41, 5.74) is 0. The van der Waals surface area contributed by atoms with Crippen molar-refractivity contribution in [1.29, 1.82) is 0 Å². The first kappa shape index (κ1) is 17.9. The molecule has 0 radical (unpaired) electrons. The van der Waals surface area contributed by atoms with Crippen LogP contribution in [0.25, 0.3) is 0 Å². The third kappa shape index (κ3) is 9.81. The summed E-state index contributed by atoms with van der Waals surface area (Å²) in [4.78, 5) is 0. The van der Waals surface area contributed by atoms with Gasteiger partial charge < -0.3 is 0 Å². The van der Waals surface area contributed by atoms with Crippen molar-refractivity contribution < 1.29 is 24.7 Å². The van der Waals surface area contributed by atoms with Crippen molar-refractivity contribution in [3.63, 3.8) is 0 Å². The van der Waals surface area contributed by atoms with Crippen LogP contribution in [0.5, 0.6) is 0 Å². The van der Waals surface area contributed by atoms with Crippen molar-refractivity contribution in [3.05, 3.63) is 0 Å². The molecule has 27 valence electrons. The maximum absolute atomic E-state index is 2.09. The summed E-state index contributed by atoms with van der Waals surface area (Å²) in [6, 6.07) is 0. The van der Waals surface area contributed by atoms with E-state index in [0.717, 1.165) is 0 Å². The van der Waals surface area contributed by atoms with Crippen LogP contribution in [-0.2, 0) is 24.7 Å². The van der Waals surface area contributed by atoms with Crippen LogP contribution >= 0.6 is 24.8 Å². The van der Waals surface area contributed by atoms with Gasteiger partial charge in [0.05, 0.1) is 0 Å². The quantitative estimate of drug-likeness (QED) is 0.527. The molecule has 0 aliphatic rings. The molecule has 0 fully saturated rings. The molecule has 0 bridgehead atoms. The summed E-state index contributed by atoms with van der Waals surface area (Å²) in [5.74, 6) is 0. The number of hydrogen-bond acceptors (Lipinski definition) is 0. The average molecular weight is 179 g/mol. The second kappa shape index (κ2) is 25.0. The van der Waals surface area contributed by atoms with Gasteiger partial charge in [0.1, 0.15) is 0 Å². The van der Waals surface area contributed by atoms with Gasteiger partial charge in [0, 0.05) is 0 Å². The zero-order valence-electron chi connectivity index (χ0n) is 2.32. The molecule has 0 nitrogen and oxygen atoms in total. The normalized spacial score (nSPS) is 1.00. The first-order valence-electron chi connectivity index (χ1n) is 0.500. The Bertz CT molecular complexity index is 6.00. The second-order valence-electron chi connectivity index (χ2n) is 0. The van der Waals surface area contributed by atoms with Crippen molar-refractivity contribution >= 4 is 24.8 Å². The van der Waals surface area contributed by atoms with E-state index < -0.39 is 0 Å². The Balaban J connectivity index is -0.00000000500. The van der Waals surface area contributed by atoms with Gasteiger partial charge in [-0.3, -0.25) is 0 Å². The first-order chi connectivity index (χ1) is 1.00. The molecular weight excluding hydrogens is 174 g/mol. The minimum atomic E-state index is 0. The van der Waals surface area contributed by atoms with Crippen LogP contribution < -0.4 is 0 Å². The van der Waals surface area contributed by atoms with Gasteiger partial charge in [0.2, 0.25) is 0 Å². The summed E-state index contributed by atoms with van der Waals surface area (Å²) in [7, 11) is 0. The van der Waals surface area contributed by atoms with E-state index in [-0.39, 0.29) is 24.8 Å². The van der Waals surface area contributed by atoms with Crippen molar-refractivity contribution in [2.45, 2.75) is 4.63 Å². The van der Waals surface area contributed by atoms with Crippen molar-refractivity contribution in [1.82, 2.24) is 0 Å². The summed E-state index contributed by atoms with van der Waals surface area (Å²) in [6.45, 7) is 0. The summed E-state index contributed by atoms with van der Waals surface area (Å²) in [5, 5.41) is 0. The van der Waals surface area contributed by atoms with Gasteiger partial charge in [-0.15, -0.1) is 24.8 Å². The molecule has 0 N–H and O–H groups in total. The summed E-state index contributed by atoms with van der Waals surface area (Å²) < 4.78 is 2.09. The van der Waals surface area contributed by atoms with Crippen molar-refractivity contribution in [2.24, 2.45) is 0 Å². The van der Waals surface area contributed by atoms with Crippen LogP contribution in [0.2, 0.25) is 4.63 Å². The molecule has 0 aromatic rings. The van der Waals surface area contributed by atoms with Gasteiger partial charge in [0.15, 0.2) is 0 Å². The van der Waals surface area contributed by atoms with E-state index in [2.05, 4.69) is 4.63 Å². The predicted molar refractivity (Wildman–Crippen MR) is 20.4 cm³/mol. The first-order valence-corrected chi connectivity index (χ1v) is 2.96. The molecule has 0 aromatic carbocycles. The van der Waals surface area contributed by atoms with E-state index in [4.69, 9.17) is 0 Å². The van der Waals surface area contributed by atoms with E-state index in [1.165, 1.54) is 0 Å². The molecule has 0 saturated heterocycles. The van der Waals surface area contributed by atoms with Gasteiger partial charge in [-0.05, 0) is 0 Å². The van der Waals surface area contributed by atoms with E-state index in [0.29, 0.717) is 0 Å².